The number of carbonyl (C=O) groups excluding carboxylic acids is 2. The molecule has 0 N–H and O–H groups in total. The summed E-state index contributed by atoms with van der Waals surface area (Å²) in [4.78, 5) is 29.7. The van der Waals surface area contributed by atoms with Crippen LogP contribution in [0.3, 0.4) is 0 Å². The molecule has 0 spiro atoms. The fraction of sp³-hybridized carbons (Fsp3) is 0.393. The Morgan fingerprint density at radius 1 is 0.906 bits per heavy atom. The molecule has 1 fully saturated rings. The van der Waals surface area contributed by atoms with Gasteiger partial charge in [0.05, 0.1) is 0 Å². The minimum Gasteiger partial charge on any atom is -0.337 e. The molecule has 2 aromatic rings. The van der Waals surface area contributed by atoms with Crippen LogP contribution in [0.2, 0.25) is 0 Å². The molecule has 1 aliphatic carbocycles. The molecule has 4 heteroatoms. The van der Waals surface area contributed by atoms with E-state index in [0.717, 1.165) is 24.8 Å². The molecule has 168 valence electrons. The molecule has 1 aliphatic heterocycles. The monoisotopic (exact) mass is 430 g/mol. The lowest BCUT2D eigenvalue weighted by Crippen LogP contribution is -2.37. The minimum absolute atomic E-state index is 0.0393. The number of carbonyl (C=O) groups is 2. The number of nitrogens with zero attached hydrogens (tertiary/aromatic N) is 2. The second kappa shape index (κ2) is 11.5. The lowest BCUT2D eigenvalue weighted by Gasteiger charge is -2.23. The van der Waals surface area contributed by atoms with Gasteiger partial charge in [0, 0.05) is 37.3 Å². The van der Waals surface area contributed by atoms with E-state index in [1.807, 2.05) is 72.2 Å². The van der Waals surface area contributed by atoms with Crippen molar-refractivity contribution < 1.29 is 9.59 Å². The first-order chi connectivity index (χ1) is 15.7. The second-order valence-electron chi connectivity index (χ2n) is 8.00. The number of amides is 2. The fourth-order valence-corrected chi connectivity index (χ4v) is 4.35. The number of hydrogen-bond acceptors (Lipinski definition) is 2. The lowest BCUT2D eigenvalue weighted by atomic mass is 9.89. The Morgan fingerprint density at radius 2 is 1.56 bits per heavy atom. The standard InChI is InChI=1S/C26H28N2O2.C2H6/c1-2-20-9-6-7-12-22-19-23(13-14-24(20)22)26(30)28-16-8-15-27(17-18-28)25(29)21-10-4-3-5-11-21;1-2/h3-6,10-14,19-20H,2,8-9,15-18H2,1H3;1-2H3. The maximum absolute atomic E-state index is 13.2. The van der Waals surface area contributed by atoms with E-state index >= 15 is 0 Å². The predicted molar refractivity (Wildman–Crippen MR) is 131 cm³/mol. The minimum atomic E-state index is 0.0393. The quantitative estimate of drug-likeness (QED) is 0.580. The van der Waals surface area contributed by atoms with Gasteiger partial charge < -0.3 is 9.80 Å². The third kappa shape index (κ3) is 5.38. The van der Waals surface area contributed by atoms with Gasteiger partial charge in [-0.2, -0.15) is 0 Å². The molecule has 1 saturated heterocycles. The van der Waals surface area contributed by atoms with Crippen molar-refractivity contribution >= 4 is 17.9 Å². The summed E-state index contributed by atoms with van der Waals surface area (Å²) < 4.78 is 0. The van der Waals surface area contributed by atoms with E-state index in [0.29, 0.717) is 43.2 Å². The zero-order valence-electron chi connectivity index (χ0n) is 19.5. The Labute approximate surface area is 192 Å². The summed E-state index contributed by atoms with van der Waals surface area (Å²) in [7, 11) is 0. The van der Waals surface area contributed by atoms with E-state index in [4.69, 9.17) is 0 Å². The molecule has 0 radical (unpaired) electrons. The van der Waals surface area contributed by atoms with Crippen LogP contribution in [0.1, 0.15) is 77.8 Å². The van der Waals surface area contributed by atoms with Gasteiger partial charge in [-0.3, -0.25) is 9.59 Å². The molecule has 2 amide bonds. The van der Waals surface area contributed by atoms with Crippen LogP contribution >= 0.6 is 0 Å². The Kier molecular flexibility index (Phi) is 8.47. The van der Waals surface area contributed by atoms with E-state index in [9.17, 15) is 9.59 Å². The van der Waals surface area contributed by atoms with Crippen molar-refractivity contribution in [2.24, 2.45) is 0 Å². The van der Waals surface area contributed by atoms with Gasteiger partial charge in [0.2, 0.25) is 0 Å². The molecule has 0 aromatic heterocycles. The highest BCUT2D eigenvalue weighted by Crippen LogP contribution is 2.30. The number of benzene rings is 2. The molecule has 1 atom stereocenters. The van der Waals surface area contributed by atoms with Gasteiger partial charge in [-0.25, -0.2) is 0 Å². The first kappa shape index (κ1) is 23.6. The zero-order valence-corrected chi connectivity index (χ0v) is 19.5. The molecule has 4 rings (SSSR count). The third-order valence-electron chi connectivity index (χ3n) is 6.12. The molecule has 2 aromatic carbocycles. The largest absolute Gasteiger partial charge is 0.337 e. The van der Waals surface area contributed by atoms with E-state index < -0.39 is 0 Å². The number of hydrogen-bond donors (Lipinski definition) is 0. The maximum Gasteiger partial charge on any atom is 0.253 e. The first-order valence-corrected chi connectivity index (χ1v) is 11.9. The van der Waals surface area contributed by atoms with Crippen molar-refractivity contribution in [1.82, 2.24) is 9.80 Å². The van der Waals surface area contributed by atoms with Gasteiger partial charge in [-0.15, -0.1) is 5.73 Å². The van der Waals surface area contributed by atoms with Crippen LogP contribution in [0.25, 0.3) is 6.08 Å². The summed E-state index contributed by atoms with van der Waals surface area (Å²) in [5.74, 6) is 0.560. The van der Waals surface area contributed by atoms with E-state index in [1.165, 1.54) is 5.56 Å². The highest BCUT2D eigenvalue weighted by molar-refractivity contribution is 5.96. The van der Waals surface area contributed by atoms with Gasteiger partial charge >= 0.3 is 0 Å². The summed E-state index contributed by atoms with van der Waals surface area (Å²) in [6, 6.07) is 15.4. The molecular weight excluding hydrogens is 396 g/mol. The van der Waals surface area contributed by atoms with Gasteiger partial charge in [0.15, 0.2) is 0 Å². The summed E-state index contributed by atoms with van der Waals surface area (Å²) in [5.41, 5.74) is 7.05. The van der Waals surface area contributed by atoms with Crippen molar-refractivity contribution in [3.63, 3.8) is 0 Å². The van der Waals surface area contributed by atoms with Crippen LogP contribution in [-0.4, -0.2) is 47.8 Å². The number of fused-ring (bicyclic) bond motifs is 1. The number of allylic oxidation sites excluding steroid dienone is 1. The van der Waals surface area contributed by atoms with Crippen LogP contribution < -0.4 is 0 Å². The Bertz CT molecular complexity index is 990. The molecule has 4 nitrogen and oxygen atoms in total. The van der Waals surface area contributed by atoms with Gasteiger partial charge in [-0.1, -0.05) is 45.0 Å². The van der Waals surface area contributed by atoms with Gasteiger partial charge in [0.25, 0.3) is 11.8 Å². The van der Waals surface area contributed by atoms with Gasteiger partial charge in [0.1, 0.15) is 0 Å². The van der Waals surface area contributed by atoms with E-state index in [-0.39, 0.29) is 11.8 Å². The third-order valence-corrected chi connectivity index (χ3v) is 6.12. The van der Waals surface area contributed by atoms with Crippen molar-refractivity contribution in [1.29, 1.82) is 0 Å². The van der Waals surface area contributed by atoms with Crippen molar-refractivity contribution in [3.8, 4) is 0 Å². The van der Waals surface area contributed by atoms with Crippen molar-refractivity contribution in [2.75, 3.05) is 26.2 Å². The number of rotatable bonds is 3. The highest BCUT2D eigenvalue weighted by atomic mass is 16.2. The molecule has 1 heterocycles. The van der Waals surface area contributed by atoms with E-state index in [1.54, 1.807) is 0 Å². The Hall–Kier alpha value is -3.10. The normalized spacial score (nSPS) is 17.5. The summed E-state index contributed by atoms with van der Waals surface area (Å²) in [5, 5.41) is 0. The topological polar surface area (TPSA) is 40.6 Å². The average molecular weight is 431 g/mol. The van der Waals surface area contributed by atoms with Crippen molar-refractivity contribution in [2.45, 2.75) is 46.0 Å². The molecule has 32 heavy (non-hydrogen) atoms. The summed E-state index contributed by atoms with van der Waals surface area (Å²) in [6.45, 7) is 8.66. The molecular formula is C28H34N2O2. The smallest absolute Gasteiger partial charge is 0.253 e. The van der Waals surface area contributed by atoms with Crippen LogP contribution in [-0.2, 0) is 0 Å². The Morgan fingerprint density at radius 3 is 2.22 bits per heavy atom. The maximum atomic E-state index is 13.2. The summed E-state index contributed by atoms with van der Waals surface area (Å²) in [6.07, 6.45) is 6.93. The summed E-state index contributed by atoms with van der Waals surface area (Å²) >= 11 is 0. The van der Waals surface area contributed by atoms with Crippen LogP contribution in [0.4, 0.5) is 0 Å². The van der Waals surface area contributed by atoms with Gasteiger partial charge in [-0.05, 0) is 72.7 Å². The highest BCUT2D eigenvalue weighted by Gasteiger charge is 2.24. The second-order valence-corrected chi connectivity index (χ2v) is 8.00. The predicted octanol–water partition coefficient (Wildman–Crippen LogP) is 5.77. The lowest BCUT2D eigenvalue weighted by molar-refractivity contribution is 0.0718. The Balaban J connectivity index is 0.00000141. The molecule has 0 saturated carbocycles. The van der Waals surface area contributed by atoms with Crippen LogP contribution in [0.5, 0.6) is 0 Å². The average Bonchev–Trinajstić information content (AvgIpc) is 3.23. The molecule has 0 bridgehead atoms. The van der Waals surface area contributed by atoms with Crippen molar-refractivity contribution in [3.05, 3.63) is 82.6 Å². The van der Waals surface area contributed by atoms with Crippen LogP contribution in [0.15, 0.2) is 60.3 Å². The van der Waals surface area contributed by atoms with Crippen LogP contribution in [0, 0.1) is 0 Å². The SMILES string of the molecule is CC.CCC1CC=C=Cc2cc(C(=O)N3CCCN(C(=O)c4ccccc4)CC3)ccc21. The molecule has 2 aliphatic rings. The fourth-order valence-electron chi connectivity index (χ4n) is 4.35. The first-order valence-electron chi connectivity index (χ1n) is 11.9. The molecule has 1 unspecified atom stereocenters. The van der Waals surface area contributed by atoms with E-state index in [2.05, 4.69) is 24.8 Å². The zero-order chi connectivity index (χ0) is 22.9.